The van der Waals surface area contributed by atoms with Crippen LogP contribution in [0.5, 0.6) is 0 Å². The molecule has 0 amide bonds. The number of carbonyl (C=O) groups is 1. The van der Waals surface area contributed by atoms with E-state index < -0.39 is 17.6 Å². The van der Waals surface area contributed by atoms with Gasteiger partial charge in [0.05, 0.1) is 11.2 Å². The van der Waals surface area contributed by atoms with Crippen LogP contribution in [0, 0.1) is 0 Å². The summed E-state index contributed by atoms with van der Waals surface area (Å²) in [6, 6.07) is 4.87. The van der Waals surface area contributed by atoms with Crippen molar-refractivity contribution < 1.29 is 23.1 Å². The largest absolute Gasteiger partial charge is 0.454 e. The molecule has 0 atom stereocenters. The lowest BCUT2D eigenvalue weighted by Crippen LogP contribution is -2.22. The van der Waals surface area contributed by atoms with Crippen molar-refractivity contribution in [1.29, 1.82) is 0 Å². The Morgan fingerprint density at radius 2 is 1.91 bits per heavy atom. The predicted molar refractivity (Wildman–Crippen MR) is 78.6 cm³/mol. The number of hydrogen-bond donors (Lipinski definition) is 1. The van der Waals surface area contributed by atoms with Gasteiger partial charge in [0.1, 0.15) is 0 Å². The van der Waals surface area contributed by atoms with Gasteiger partial charge >= 0.3 is 6.18 Å². The van der Waals surface area contributed by atoms with Crippen molar-refractivity contribution in [2.45, 2.75) is 25.6 Å². The van der Waals surface area contributed by atoms with E-state index >= 15 is 0 Å². The topological polar surface area (TPSA) is 42.2 Å². The highest BCUT2D eigenvalue weighted by Gasteiger charge is 2.40. The third-order valence-electron chi connectivity index (χ3n) is 3.20. The number of ketones is 1. The normalized spacial score (nSPS) is 13.2. The molecule has 0 fully saturated rings. The molecule has 0 unspecified atom stereocenters. The molecule has 0 radical (unpaired) electrons. The molecule has 2 rings (SSSR count). The van der Waals surface area contributed by atoms with Crippen LogP contribution in [0.4, 0.5) is 13.2 Å². The SMILES string of the molecule is Cn1cc(C(=O)C(F)(F)F)c2cc(/C=C/C(C)(C)O)ccc21. The molecule has 1 N–H and O–H groups in total. The zero-order valence-corrected chi connectivity index (χ0v) is 12.4. The van der Waals surface area contributed by atoms with Crippen LogP contribution in [0.15, 0.2) is 30.5 Å². The fraction of sp³-hybridized carbons (Fsp3) is 0.312. The average molecular weight is 311 g/mol. The van der Waals surface area contributed by atoms with E-state index in [9.17, 15) is 23.1 Å². The maximum Gasteiger partial charge on any atom is 0.454 e. The van der Waals surface area contributed by atoms with Crippen LogP contribution in [0.2, 0.25) is 0 Å². The number of hydrogen-bond acceptors (Lipinski definition) is 2. The molecular weight excluding hydrogens is 295 g/mol. The Hall–Kier alpha value is -2.08. The Bertz CT molecular complexity index is 749. The van der Waals surface area contributed by atoms with Gasteiger partial charge in [-0.15, -0.1) is 0 Å². The van der Waals surface area contributed by atoms with Crippen LogP contribution in [0.3, 0.4) is 0 Å². The van der Waals surface area contributed by atoms with Crippen LogP contribution in [-0.4, -0.2) is 27.2 Å². The van der Waals surface area contributed by atoms with Gasteiger partial charge in [0.2, 0.25) is 0 Å². The van der Waals surface area contributed by atoms with Gasteiger partial charge in [-0.25, -0.2) is 0 Å². The first kappa shape index (κ1) is 16.3. The molecule has 118 valence electrons. The zero-order valence-electron chi connectivity index (χ0n) is 12.4. The molecule has 1 aromatic carbocycles. The highest BCUT2D eigenvalue weighted by Crippen LogP contribution is 2.29. The van der Waals surface area contributed by atoms with Crippen molar-refractivity contribution in [3.8, 4) is 0 Å². The van der Waals surface area contributed by atoms with Crippen LogP contribution >= 0.6 is 0 Å². The first-order chi connectivity index (χ1) is 9.99. The maximum atomic E-state index is 12.7. The third kappa shape index (κ3) is 3.39. The lowest BCUT2D eigenvalue weighted by molar-refractivity contribution is -0.0884. The number of halogens is 3. The number of rotatable bonds is 3. The van der Waals surface area contributed by atoms with Crippen LogP contribution < -0.4 is 0 Å². The number of carbonyl (C=O) groups excluding carboxylic acids is 1. The smallest absolute Gasteiger partial charge is 0.386 e. The van der Waals surface area contributed by atoms with Crippen LogP contribution in [0.1, 0.15) is 29.8 Å². The van der Waals surface area contributed by atoms with Crippen molar-refractivity contribution in [1.82, 2.24) is 4.57 Å². The van der Waals surface area contributed by atoms with E-state index in [1.54, 1.807) is 39.1 Å². The second kappa shape index (κ2) is 5.28. The van der Waals surface area contributed by atoms with E-state index in [-0.39, 0.29) is 10.9 Å². The van der Waals surface area contributed by atoms with E-state index in [4.69, 9.17) is 0 Å². The molecule has 2 aromatic rings. The Balaban J connectivity index is 2.56. The Labute approximate surface area is 125 Å². The van der Waals surface area contributed by atoms with Crippen molar-refractivity contribution in [3.05, 3.63) is 41.6 Å². The van der Waals surface area contributed by atoms with Crippen LogP contribution in [-0.2, 0) is 7.05 Å². The first-order valence-corrected chi connectivity index (χ1v) is 6.61. The molecule has 0 aliphatic carbocycles. The van der Waals surface area contributed by atoms with E-state index in [2.05, 4.69) is 0 Å². The lowest BCUT2D eigenvalue weighted by Gasteiger charge is -2.10. The number of aliphatic hydroxyl groups is 1. The predicted octanol–water partition coefficient (Wildman–Crippen LogP) is 3.71. The zero-order chi connectivity index (χ0) is 16.7. The van der Waals surface area contributed by atoms with Crippen molar-refractivity contribution >= 4 is 22.8 Å². The molecular formula is C16H16F3NO2. The summed E-state index contributed by atoms with van der Waals surface area (Å²) in [4.78, 5) is 11.5. The number of fused-ring (bicyclic) bond motifs is 1. The second-order valence-electron chi connectivity index (χ2n) is 5.74. The maximum absolute atomic E-state index is 12.7. The molecule has 6 heteroatoms. The number of alkyl halides is 3. The van der Waals surface area contributed by atoms with Crippen molar-refractivity contribution in [2.24, 2.45) is 7.05 Å². The molecule has 0 saturated heterocycles. The fourth-order valence-corrected chi connectivity index (χ4v) is 2.15. The molecule has 3 nitrogen and oxygen atoms in total. The molecule has 0 aliphatic rings. The Morgan fingerprint density at radius 3 is 2.45 bits per heavy atom. The minimum Gasteiger partial charge on any atom is -0.386 e. The van der Waals surface area contributed by atoms with Gasteiger partial charge in [0.15, 0.2) is 0 Å². The highest BCUT2D eigenvalue weighted by atomic mass is 19.4. The fourth-order valence-electron chi connectivity index (χ4n) is 2.15. The number of aromatic nitrogens is 1. The summed E-state index contributed by atoms with van der Waals surface area (Å²) < 4.78 is 39.5. The molecule has 1 aromatic heterocycles. The summed E-state index contributed by atoms with van der Waals surface area (Å²) in [6.07, 6.45) is -0.589. The van der Waals surface area contributed by atoms with E-state index in [1.807, 2.05) is 0 Å². The van der Waals surface area contributed by atoms with E-state index in [1.165, 1.54) is 22.9 Å². The number of benzene rings is 1. The minimum atomic E-state index is -4.91. The molecule has 1 heterocycles. The number of Topliss-reactive ketones (excluding diaryl/α,β-unsaturated/α-hetero) is 1. The highest BCUT2D eigenvalue weighted by molar-refractivity contribution is 6.11. The molecule has 0 bridgehead atoms. The van der Waals surface area contributed by atoms with Crippen molar-refractivity contribution in [2.75, 3.05) is 0 Å². The molecule has 0 aliphatic heterocycles. The molecule has 0 spiro atoms. The van der Waals surface area contributed by atoms with Crippen LogP contribution in [0.25, 0.3) is 17.0 Å². The Kier molecular flexibility index (Phi) is 3.91. The standard InChI is InChI=1S/C16H16F3NO2/c1-15(2,22)7-6-10-4-5-13-11(8-10)12(9-20(13)3)14(21)16(17,18)19/h4-9,22H,1-3H3/b7-6+. The van der Waals surface area contributed by atoms with E-state index in [0.29, 0.717) is 11.1 Å². The summed E-state index contributed by atoms with van der Waals surface area (Å²) in [6.45, 7) is 3.17. The van der Waals surface area contributed by atoms with Crippen molar-refractivity contribution in [3.63, 3.8) is 0 Å². The molecule has 0 saturated carbocycles. The first-order valence-electron chi connectivity index (χ1n) is 6.61. The van der Waals surface area contributed by atoms with Gasteiger partial charge in [-0.05, 0) is 31.5 Å². The van der Waals surface area contributed by atoms with Gasteiger partial charge in [-0.1, -0.05) is 18.2 Å². The van der Waals surface area contributed by atoms with E-state index in [0.717, 1.165) is 0 Å². The monoisotopic (exact) mass is 311 g/mol. The minimum absolute atomic E-state index is 0.239. The summed E-state index contributed by atoms with van der Waals surface area (Å²) in [5, 5.41) is 9.89. The summed E-state index contributed by atoms with van der Waals surface area (Å²) >= 11 is 0. The summed E-state index contributed by atoms with van der Waals surface area (Å²) in [5.41, 5.74) is -0.260. The molecule has 22 heavy (non-hydrogen) atoms. The third-order valence-corrected chi connectivity index (χ3v) is 3.20. The van der Waals surface area contributed by atoms with Gasteiger partial charge in [-0.3, -0.25) is 4.79 Å². The Morgan fingerprint density at radius 1 is 1.27 bits per heavy atom. The van der Waals surface area contributed by atoms with Gasteiger partial charge in [0, 0.05) is 24.1 Å². The summed E-state index contributed by atoms with van der Waals surface area (Å²) in [5.74, 6) is -1.86. The number of aryl methyl sites for hydroxylation is 1. The second-order valence-corrected chi connectivity index (χ2v) is 5.74. The van der Waals surface area contributed by atoms with Gasteiger partial charge < -0.3 is 9.67 Å². The lowest BCUT2D eigenvalue weighted by atomic mass is 10.0. The van der Waals surface area contributed by atoms with Gasteiger partial charge in [-0.2, -0.15) is 13.2 Å². The van der Waals surface area contributed by atoms with Gasteiger partial charge in [0.25, 0.3) is 5.78 Å². The quantitative estimate of drug-likeness (QED) is 0.878. The average Bonchev–Trinajstić information content (AvgIpc) is 2.70. The number of nitrogens with zero attached hydrogens (tertiary/aromatic N) is 1. The summed E-state index contributed by atoms with van der Waals surface area (Å²) in [7, 11) is 1.59.